The minimum Gasteiger partial charge on any atom is -0.457 e. The van der Waals surface area contributed by atoms with E-state index in [1.165, 1.54) is 12.8 Å². The van der Waals surface area contributed by atoms with Gasteiger partial charge in [0.05, 0.1) is 6.42 Å². The Balaban J connectivity index is 0.00000240. The molecule has 4 nitrogen and oxygen atoms in total. The molecule has 0 atom stereocenters. The van der Waals surface area contributed by atoms with Crippen molar-refractivity contribution >= 4 is 18.3 Å². The molecular weight excluding hydrogens is 384 g/mol. The summed E-state index contributed by atoms with van der Waals surface area (Å²) >= 11 is 0. The van der Waals surface area contributed by atoms with E-state index in [-0.39, 0.29) is 23.9 Å². The summed E-state index contributed by atoms with van der Waals surface area (Å²) in [4.78, 5) is 17.3. The monoisotopic (exact) mass is 414 g/mol. The quantitative estimate of drug-likeness (QED) is 0.682. The Morgan fingerprint density at radius 2 is 1.52 bits per heavy atom. The van der Waals surface area contributed by atoms with Crippen molar-refractivity contribution in [2.75, 3.05) is 26.2 Å². The zero-order valence-electron chi connectivity index (χ0n) is 17.3. The van der Waals surface area contributed by atoms with Crippen molar-refractivity contribution in [3.05, 3.63) is 60.2 Å². The summed E-state index contributed by atoms with van der Waals surface area (Å²) in [6.45, 7) is 8.37. The third-order valence-corrected chi connectivity index (χ3v) is 6.28. The summed E-state index contributed by atoms with van der Waals surface area (Å²) in [7, 11) is 0. The van der Waals surface area contributed by atoms with Gasteiger partial charge in [-0.1, -0.05) is 30.3 Å². The molecule has 0 unspecified atom stereocenters. The van der Waals surface area contributed by atoms with Crippen molar-refractivity contribution < 1.29 is 9.53 Å². The van der Waals surface area contributed by atoms with Crippen LogP contribution in [0.2, 0.25) is 0 Å². The second kappa shape index (κ2) is 9.19. The van der Waals surface area contributed by atoms with Crippen LogP contribution in [0.15, 0.2) is 54.6 Å². The Kier molecular flexibility index (Phi) is 6.86. The molecule has 0 spiro atoms. The first-order chi connectivity index (χ1) is 13.5. The third-order valence-electron chi connectivity index (χ3n) is 6.28. The predicted octanol–water partition coefficient (Wildman–Crippen LogP) is 4.78. The average Bonchev–Trinajstić information content (AvgIpc) is 3.56. The standard InChI is InChI=1S/C24H30N2O2.ClH/c1-24(2,20-10-11-20)26-16-14-25(15-17-26)23(27)18-19-8-12-22(13-9-19)28-21-6-4-3-5-7-21;/h3-9,12-13,20H,10-11,14-18H2,1-2H3;1H. The van der Waals surface area contributed by atoms with E-state index in [0.717, 1.165) is 49.2 Å². The molecule has 2 fully saturated rings. The highest BCUT2D eigenvalue weighted by Gasteiger charge is 2.42. The summed E-state index contributed by atoms with van der Waals surface area (Å²) < 4.78 is 5.82. The van der Waals surface area contributed by atoms with Gasteiger partial charge >= 0.3 is 0 Å². The van der Waals surface area contributed by atoms with Gasteiger partial charge in [0, 0.05) is 31.7 Å². The molecule has 0 N–H and O–H groups in total. The molecule has 2 aromatic carbocycles. The van der Waals surface area contributed by atoms with Crippen LogP contribution in [-0.4, -0.2) is 47.4 Å². The van der Waals surface area contributed by atoms with Crippen molar-refractivity contribution in [3.63, 3.8) is 0 Å². The van der Waals surface area contributed by atoms with Crippen molar-refractivity contribution in [1.82, 2.24) is 9.80 Å². The largest absolute Gasteiger partial charge is 0.457 e. The summed E-state index contributed by atoms with van der Waals surface area (Å²) in [5.41, 5.74) is 1.31. The summed E-state index contributed by atoms with van der Waals surface area (Å²) in [5, 5.41) is 0. The van der Waals surface area contributed by atoms with Gasteiger partial charge in [0.1, 0.15) is 11.5 Å². The van der Waals surface area contributed by atoms with Gasteiger partial charge < -0.3 is 9.64 Å². The molecular formula is C24H31ClN2O2. The lowest BCUT2D eigenvalue weighted by atomic mass is 9.95. The molecule has 1 aliphatic carbocycles. The topological polar surface area (TPSA) is 32.8 Å². The normalized spacial score (nSPS) is 17.5. The molecule has 5 heteroatoms. The summed E-state index contributed by atoms with van der Waals surface area (Å²) in [6.07, 6.45) is 3.17. The number of ether oxygens (including phenoxy) is 1. The van der Waals surface area contributed by atoms with E-state index in [4.69, 9.17) is 4.74 Å². The maximum Gasteiger partial charge on any atom is 0.227 e. The summed E-state index contributed by atoms with van der Waals surface area (Å²) in [6, 6.07) is 17.6. The molecule has 0 radical (unpaired) electrons. The zero-order valence-corrected chi connectivity index (χ0v) is 18.2. The Bertz CT molecular complexity index is 795. The molecule has 0 aromatic heterocycles. The van der Waals surface area contributed by atoms with Gasteiger partial charge in [0.25, 0.3) is 0 Å². The second-order valence-electron chi connectivity index (χ2n) is 8.53. The van der Waals surface area contributed by atoms with Gasteiger partial charge in [0.15, 0.2) is 0 Å². The number of hydrogen-bond acceptors (Lipinski definition) is 3. The molecule has 1 heterocycles. The Morgan fingerprint density at radius 1 is 0.931 bits per heavy atom. The first-order valence-corrected chi connectivity index (χ1v) is 10.4. The lowest BCUT2D eigenvalue weighted by Crippen LogP contribution is -2.56. The van der Waals surface area contributed by atoms with Gasteiger partial charge in [-0.3, -0.25) is 9.69 Å². The predicted molar refractivity (Wildman–Crippen MR) is 119 cm³/mol. The van der Waals surface area contributed by atoms with E-state index < -0.39 is 0 Å². The average molecular weight is 415 g/mol. The SMILES string of the molecule is CC(C)(C1CC1)N1CCN(C(=O)Cc2ccc(Oc3ccccc3)cc2)CC1.Cl. The second-order valence-corrected chi connectivity index (χ2v) is 8.53. The van der Waals surface area contributed by atoms with E-state index in [0.29, 0.717) is 6.42 Å². The molecule has 1 amide bonds. The Morgan fingerprint density at radius 3 is 2.10 bits per heavy atom. The number of nitrogens with zero attached hydrogens (tertiary/aromatic N) is 2. The molecule has 29 heavy (non-hydrogen) atoms. The molecule has 4 rings (SSSR count). The maximum atomic E-state index is 12.7. The van der Waals surface area contributed by atoms with Gasteiger partial charge in [-0.05, 0) is 62.4 Å². The van der Waals surface area contributed by atoms with E-state index >= 15 is 0 Å². The molecule has 1 saturated carbocycles. The van der Waals surface area contributed by atoms with Crippen LogP contribution in [0.1, 0.15) is 32.3 Å². The summed E-state index contributed by atoms with van der Waals surface area (Å²) in [5.74, 6) is 2.67. The van der Waals surface area contributed by atoms with Crippen LogP contribution in [0, 0.1) is 5.92 Å². The first kappa shape index (κ1) is 21.7. The van der Waals surface area contributed by atoms with Crippen LogP contribution in [0.25, 0.3) is 0 Å². The van der Waals surface area contributed by atoms with Crippen LogP contribution in [-0.2, 0) is 11.2 Å². The van der Waals surface area contributed by atoms with Crippen LogP contribution in [0.5, 0.6) is 11.5 Å². The van der Waals surface area contributed by atoms with Crippen molar-refractivity contribution in [2.24, 2.45) is 5.92 Å². The van der Waals surface area contributed by atoms with E-state index in [1.807, 2.05) is 59.5 Å². The van der Waals surface area contributed by atoms with Gasteiger partial charge in [-0.2, -0.15) is 0 Å². The van der Waals surface area contributed by atoms with Crippen LogP contribution < -0.4 is 4.74 Å². The number of piperazine rings is 1. The minimum atomic E-state index is 0. The fourth-order valence-corrected chi connectivity index (χ4v) is 4.17. The highest BCUT2D eigenvalue weighted by molar-refractivity contribution is 5.85. The highest BCUT2D eigenvalue weighted by atomic mass is 35.5. The fourth-order valence-electron chi connectivity index (χ4n) is 4.17. The highest BCUT2D eigenvalue weighted by Crippen LogP contribution is 2.43. The van der Waals surface area contributed by atoms with Gasteiger partial charge in [-0.25, -0.2) is 0 Å². The fraction of sp³-hybridized carbons (Fsp3) is 0.458. The Hall–Kier alpha value is -2.04. The van der Waals surface area contributed by atoms with Crippen LogP contribution in [0.3, 0.4) is 0 Å². The maximum absolute atomic E-state index is 12.7. The number of hydrogen-bond donors (Lipinski definition) is 0. The smallest absolute Gasteiger partial charge is 0.227 e. The lowest BCUT2D eigenvalue weighted by molar-refractivity contribution is -0.133. The van der Waals surface area contributed by atoms with Crippen LogP contribution >= 0.6 is 12.4 Å². The molecule has 0 bridgehead atoms. The molecule has 1 aliphatic heterocycles. The molecule has 1 saturated heterocycles. The van der Waals surface area contributed by atoms with E-state index in [2.05, 4.69) is 18.7 Å². The number of amides is 1. The molecule has 156 valence electrons. The molecule has 2 aliphatic rings. The van der Waals surface area contributed by atoms with Crippen molar-refractivity contribution in [1.29, 1.82) is 0 Å². The Labute approximate surface area is 180 Å². The van der Waals surface area contributed by atoms with Crippen LogP contribution in [0.4, 0.5) is 0 Å². The minimum absolute atomic E-state index is 0. The number of para-hydroxylation sites is 1. The molecule has 2 aromatic rings. The number of halogens is 1. The van der Waals surface area contributed by atoms with Crippen molar-refractivity contribution in [3.8, 4) is 11.5 Å². The van der Waals surface area contributed by atoms with Crippen molar-refractivity contribution in [2.45, 2.75) is 38.6 Å². The van der Waals surface area contributed by atoms with Gasteiger partial charge in [0.2, 0.25) is 5.91 Å². The first-order valence-electron chi connectivity index (χ1n) is 10.4. The lowest BCUT2D eigenvalue weighted by Gasteiger charge is -2.44. The van der Waals surface area contributed by atoms with E-state index in [1.54, 1.807) is 0 Å². The van der Waals surface area contributed by atoms with Gasteiger partial charge in [-0.15, -0.1) is 12.4 Å². The third kappa shape index (κ3) is 5.31. The number of carbonyl (C=O) groups is 1. The number of carbonyl (C=O) groups excluding carboxylic acids is 1. The number of rotatable bonds is 6. The number of benzene rings is 2. The zero-order chi connectivity index (χ0) is 19.6. The van der Waals surface area contributed by atoms with E-state index in [9.17, 15) is 4.79 Å².